The van der Waals surface area contributed by atoms with Crippen molar-refractivity contribution in [3.8, 4) is 0 Å². The average molecular weight is 308 g/mol. The normalized spacial score (nSPS) is 30.5. The van der Waals surface area contributed by atoms with Crippen molar-refractivity contribution in [3.63, 3.8) is 0 Å². The molecule has 1 fully saturated rings. The molecule has 5 atom stereocenters. The van der Waals surface area contributed by atoms with Gasteiger partial charge in [0.25, 0.3) is 0 Å². The number of rotatable bonds is 6. The molecule has 9 nitrogen and oxygen atoms in total. The van der Waals surface area contributed by atoms with Gasteiger partial charge in [0.1, 0.15) is 12.7 Å². The minimum absolute atomic E-state index is 0.135. The van der Waals surface area contributed by atoms with Gasteiger partial charge in [0.15, 0.2) is 6.10 Å². The van der Waals surface area contributed by atoms with Crippen LogP contribution < -0.4 is 0 Å². The molecule has 0 aliphatic carbocycles. The molecule has 0 aromatic rings. The van der Waals surface area contributed by atoms with Crippen LogP contribution in [0.15, 0.2) is 0 Å². The van der Waals surface area contributed by atoms with Gasteiger partial charge in [0.05, 0.1) is 0 Å². The monoisotopic (exact) mass is 308 g/mol. The van der Waals surface area contributed by atoms with E-state index in [-0.39, 0.29) is 6.61 Å². The molecule has 0 aromatic heterocycles. The van der Waals surface area contributed by atoms with Crippen molar-refractivity contribution in [3.05, 3.63) is 0 Å². The lowest BCUT2D eigenvalue weighted by molar-refractivity contribution is -0.392. The highest BCUT2D eigenvalue weighted by Gasteiger charge is 2.44. The summed E-state index contributed by atoms with van der Waals surface area (Å²) in [6.45, 7) is 2.30. The van der Waals surface area contributed by atoms with Gasteiger partial charge in [-0.2, -0.15) is 0 Å². The second kappa shape index (κ2) is 8.25. The molecule has 0 aromatic carbocycles. The Labute approximate surface area is 122 Å². The van der Waals surface area contributed by atoms with Crippen LogP contribution in [0.5, 0.6) is 0 Å². The van der Waals surface area contributed by atoms with Crippen LogP contribution in [0.3, 0.4) is 0 Å². The van der Waals surface area contributed by atoms with Gasteiger partial charge in [-0.1, -0.05) is 0 Å². The summed E-state index contributed by atoms with van der Waals surface area (Å²) in [5, 5.41) is 9.65. The van der Waals surface area contributed by atoms with Crippen LogP contribution >= 0.6 is 0 Å². The number of methoxy groups -OCH3 is 2. The number of esters is 2. The molecule has 1 aliphatic heterocycles. The Morgan fingerprint density at radius 1 is 1.14 bits per heavy atom. The van der Waals surface area contributed by atoms with E-state index in [4.69, 9.17) is 28.4 Å². The SMILES string of the molecule is CO[C@H]1O[C@@H]([C@@H](COC(C)=O)OC)[C@H](OC(C)=O)O[C@H]1O. The Hall–Kier alpha value is -1.26. The van der Waals surface area contributed by atoms with E-state index in [1.165, 1.54) is 28.1 Å². The first-order valence-corrected chi connectivity index (χ1v) is 6.24. The molecule has 1 rings (SSSR count). The predicted octanol–water partition coefficient (Wildman–Crippen LogP) is -0.840. The number of hydrogen-bond donors (Lipinski definition) is 1. The van der Waals surface area contributed by atoms with Crippen LogP contribution in [-0.2, 0) is 38.0 Å². The fourth-order valence-corrected chi connectivity index (χ4v) is 1.76. The number of aliphatic hydroxyl groups excluding tert-OH is 1. The maximum Gasteiger partial charge on any atom is 0.305 e. The minimum Gasteiger partial charge on any atom is -0.463 e. The van der Waals surface area contributed by atoms with Crippen LogP contribution in [0.25, 0.3) is 0 Å². The van der Waals surface area contributed by atoms with Gasteiger partial charge in [-0.25, -0.2) is 0 Å². The predicted molar refractivity (Wildman–Crippen MR) is 65.7 cm³/mol. The fraction of sp³-hybridized carbons (Fsp3) is 0.833. The molecule has 21 heavy (non-hydrogen) atoms. The largest absolute Gasteiger partial charge is 0.463 e. The molecule has 122 valence electrons. The van der Waals surface area contributed by atoms with E-state index in [0.717, 1.165) is 0 Å². The quantitative estimate of drug-likeness (QED) is 0.628. The van der Waals surface area contributed by atoms with Crippen LogP contribution in [0.1, 0.15) is 13.8 Å². The minimum atomic E-state index is -1.43. The van der Waals surface area contributed by atoms with Gasteiger partial charge in [-0.3, -0.25) is 9.59 Å². The molecule has 0 amide bonds. The lowest BCUT2D eigenvalue weighted by Gasteiger charge is -2.40. The van der Waals surface area contributed by atoms with E-state index in [2.05, 4.69) is 0 Å². The Morgan fingerprint density at radius 2 is 1.81 bits per heavy atom. The first kappa shape index (κ1) is 17.8. The average Bonchev–Trinajstić information content (AvgIpc) is 2.40. The topological polar surface area (TPSA) is 110 Å². The second-order valence-electron chi connectivity index (χ2n) is 4.29. The van der Waals surface area contributed by atoms with Crippen LogP contribution in [0.4, 0.5) is 0 Å². The molecule has 0 bridgehead atoms. The molecule has 0 saturated carbocycles. The van der Waals surface area contributed by atoms with E-state index in [1.807, 2.05) is 0 Å². The highest BCUT2D eigenvalue weighted by Crippen LogP contribution is 2.24. The summed E-state index contributed by atoms with van der Waals surface area (Å²) >= 11 is 0. The first-order chi connectivity index (χ1) is 9.88. The summed E-state index contributed by atoms with van der Waals surface area (Å²) in [5.41, 5.74) is 0. The third-order valence-electron chi connectivity index (χ3n) is 2.70. The maximum atomic E-state index is 11.1. The maximum absolute atomic E-state index is 11.1. The molecule has 1 heterocycles. The Bertz CT molecular complexity index is 359. The zero-order chi connectivity index (χ0) is 16.0. The zero-order valence-electron chi connectivity index (χ0n) is 12.3. The zero-order valence-corrected chi connectivity index (χ0v) is 12.3. The molecule has 0 unspecified atom stereocenters. The van der Waals surface area contributed by atoms with Crippen molar-refractivity contribution < 1.29 is 43.1 Å². The van der Waals surface area contributed by atoms with Crippen LogP contribution in [0, 0.1) is 0 Å². The van der Waals surface area contributed by atoms with Gasteiger partial charge in [0.2, 0.25) is 18.9 Å². The van der Waals surface area contributed by atoms with Crippen molar-refractivity contribution in [2.24, 2.45) is 0 Å². The lowest BCUT2D eigenvalue weighted by Crippen LogP contribution is -2.57. The van der Waals surface area contributed by atoms with Crippen molar-refractivity contribution in [2.45, 2.75) is 44.9 Å². The summed E-state index contributed by atoms with van der Waals surface area (Å²) in [6.07, 6.45) is -5.45. The van der Waals surface area contributed by atoms with Crippen molar-refractivity contribution in [1.29, 1.82) is 0 Å². The lowest BCUT2D eigenvalue weighted by atomic mass is 10.2. The fourth-order valence-electron chi connectivity index (χ4n) is 1.76. The number of hydrogen-bond acceptors (Lipinski definition) is 9. The molecular formula is C12H20O9. The smallest absolute Gasteiger partial charge is 0.305 e. The molecule has 0 radical (unpaired) electrons. The van der Waals surface area contributed by atoms with Crippen LogP contribution in [0.2, 0.25) is 0 Å². The van der Waals surface area contributed by atoms with E-state index in [9.17, 15) is 14.7 Å². The number of carbonyl (C=O) groups excluding carboxylic acids is 2. The Morgan fingerprint density at radius 3 is 2.29 bits per heavy atom. The van der Waals surface area contributed by atoms with Crippen molar-refractivity contribution in [2.75, 3.05) is 20.8 Å². The van der Waals surface area contributed by atoms with Crippen molar-refractivity contribution in [1.82, 2.24) is 0 Å². The molecule has 1 N–H and O–H groups in total. The first-order valence-electron chi connectivity index (χ1n) is 6.24. The van der Waals surface area contributed by atoms with E-state index >= 15 is 0 Å². The van der Waals surface area contributed by atoms with Gasteiger partial charge >= 0.3 is 11.9 Å². The summed E-state index contributed by atoms with van der Waals surface area (Å²) in [6, 6.07) is 0. The number of aliphatic hydroxyl groups is 1. The third-order valence-corrected chi connectivity index (χ3v) is 2.70. The summed E-state index contributed by atoms with van der Waals surface area (Å²) in [4.78, 5) is 22.0. The standard InChI is InChI=1S/C12H20O9/c1-6(13)18-5-8(16-3)9-11(19-7(2)14)21-10(15)12(17-4)20-9/h8-12,15H,5H2,1-4H3/t8-,9+,10-,11-,12+/m1/s1. The highest BCUT2D eigenvalue weighted by atomic mass is 16.8. The van der Waals surface area contributed by atoms with E-state index in [0.29, 0.717) is 0 Å². The number of carbonyl (C=O) groups is 2. The molecule has 1 aliphatic rings. The molecule has 1 saturated heterocycles. The second-order valence-corrected chi connectivity index (χ2v) is 4.29. The van der Waals surface area contributed by atoms with E-state index in [1.54, 1.807) is 0 Å². The Balaban J connectivity index is 2.82. The van der Waals surface area contributed by atoms with Crippen LogP contribution in [-0.4, -0.2) is 68.9 Å². The third kappa shape index (κ3) is 5.21. The van der Waals surface area contributed by atoms with Crippen molar-refractivity contribution >= 4 is 11.9 Å². The number of ether oxygens (including phenoxy) is 6. The summed E-state index contributed by atoms with van der Waals surface area (Å²) in [5.74, 6) is -1.12. The van der Waals surface area contributed by atoms with E-state index < -0.39 is 43.0 Å². The van der Waals surface area contributed by atoms with Gasteiger partial charge in [-0.05, 0) is 0 Å². The van der Waals surface area contributed by atoms with Gasteiger partial charge in [0, 0.05) is 28.1 Å². The van der Waals surface area contributed by atoms with Gasteiger partial charge in [-0.15, -0.1) is 0 Å². The van der Waals surface area contributed by atoms with Gasteiger partial charge < -0.3 is 33.5 Å². The molecule has 0 spiro atoms. The highest BCUT2D eigenvalue weighted by molar-refractivity contribution is 5.66. The molecular weight excluding hydrogens is 288 g/mol. The summed E-state index contributed by atoms with van der Waals surface area (Å²) in [7, 11) is 2.68. The Kier molecular flexibility index (Phi) is 6.99. The molecule has 9 heteroatoms. The summed E-state index contributed by atoms with van der Waals surface area (Å²) < 4.78 is 30.5.